The van der Waals surface area contributed by atoms with Crippen LogP contribution in [0.3, 0.4) is 0 Å². The zero-order valence-corrected chi connectivity index (χ0v) is 14.1. The molecule has 0 saturated heterocycles. The quantitative estimate of drug-likeness (QED) is 0.411. The highest BCUT2D eigenvalue weighted by molar-refractivity contribution is 8.07. The summed E-state index contributed by atoms with van der Waals surface area (Å²) in [5, 5.41) is 1.15. The zero-order valence-electron chi connectivity index (χ0n) is 11.5. The van der Waals surface area contributed by atoms with E-state index in [4.69, 9.17) is 25.4 Å². The summed E-state index contributed by atoms with van der Waals surface area (Å²) >= 11 is 6.86. The Morgan fingerprint density at radius 3 is 2.16 bits per heavy atom. The van der Waals surface area contributed by atoms with E-state index in [1.165, 1.54) is 0 Å². The molecule has 1 rings (SSSR count). The van der Waals surface area contributed by atoms with E-state index in [0.29, 0.717) is 29.4 Å². The van der Waals surface area contributed by atoms with Crippen molar-refractivity contribution >= 4 is 30.3 Å². The van der Waals surface area contributed by atoms with E-state index in [2.05, 4.69) is 23.8 Å². The van der Waals surface area contributed by atoms with Gasteiger partial charge in [-0.05, 0) is 13.8 Å². The van der Waals surface area contributed by atoms with Crippen molar-refractivity contribution in [1.29, 1.82) is 0 Å². The van der Waals surface area contributed by atoms with Crippen LogP contribution in [-0.2, 0) is 20.9 Å². The van der Waals surface area contributed by atoms with E-state index in [-0.39, 0.29) is 0 Å². The summed E-state index contributed by atoms with van der Waals surface area (Å²) in [7, 11) is 0. The number of hydrogen-bond acceptors (Lipinski definition) is 7. The fourth-order valence-corrected chi connectivity index (χ4v) is 3.86. The molecular weight excluding hydrogens is 303 g/mol. The fraction of sp³-hybridized carbons (Fsp3) is 0.636. The van der Waals surface area contributed by atoms with Crippen molar-refractivity contribution in [1.82, 2.24) is 9.97 Å². The summed E-state index contributed by atoms with van der Waals surface area (Å²) in [4.78, 5) is 8.42. The third kappa shape index (κ3) is 6.19. The second-order valence-electron chi connectivity index (χ2n) is 3.74. The van der Waals surface area contributed by atoms with Crippen LogP contribution < -0.4 is 4.52 Å². The third-order valence-electron chi connectivity index (χ3n) is 1.74. The van der Waals surface area contributed by atoms with E-state index < -0.39 is 6.72 Å². The molecule has 1 aromatic heterocycles. The third-order valence-corrected chi connectivity index (χ3v) is 5.07. The topological polar surface area (TPSA) is 53.5 Å². The molecular formula is C11H19N2O3PS2. The predicted molar refractivity (Wildman–Crippen MR) is 81.2 cm³/mol. The Labute approximate surface area is 123 Å². The minimum atomic E-state index is -2.74. The van der Waals surface area contributed by atoms with Crippen molar-refractivity contribution in [2.24, 2.45) is 0 Å². The second-order valence-corrected chi connectivity index (χ2v) is 8.22. The Bertz CT molecular complexity index is 418. The first kappa shape index (κ1) is 16.9. The summed E-state index contributed by atoms with van der Waals surface area (Å²) < 4.78 is 16.4. The monoisotopic (exact) mass is 322 g/mol. The average molecular weight is 322 g/mol. The summed E-state index contributed by atoms with van der Waals surface area (Å²) in [5.74, 6) is 0.471. The van der Waals surface area contributed by atoms with Gasteiger partial charge in [-0.25, -0.2) is 9.97 Å². The first-order valence-electron chi connectivity index (χ1n) is 6.06. The van der Waals surface area contributed by atoms with E-state index in [0.717, 1.165) is 0 Å². The van der Waals surface area contributed by atoms with Gasteiger partial charge in [-0.1, -0.05) is 25.6 Å². The van der Waals surface area contributed by atoms with Gasteiger partial charge < -0.3 is 4.52 Å². The minimum Gasteiger partial charge on any atom is -0.421 e. The van der Waals surface area contributed by atoms with Crippen LogP contribution in [0.1, 0.15) is 27.7 Å². The van der Waals surface area contributed by atoms with Crippen LogP contribution in [0.25, 0.3) is 0 Å². The zero-order chi connectivity index (χ0) is 14.3. The van der Waals surface area contributed by atoms with Gasteiger partial charge in [0, 0.05) is 17.1 Å². The molecule has 0 N–H and O–H groups in total. The number of rotatable bonds is 8. The molecule has 0 saturated carbocycles. The van der Waals surface area contributed by atoms with Gasteiger partial charge in [0.05, 0.1) is 25.6 Å². The molecule has 19 heavy (non-hydrogen) atoms. The van der Waals surface area contributed by atoms with Gasteiger partial charge in [0.1, 0.15) is 0 Å². The predicted octanol–water partition coefficient (Wildman–Crippen LogP) is 3.65. The lowest BCUT2D eigenvalue weighted by Gasteiger charge is -2.20. The highest BCUT2D eigenvalue weighted by Crippen LogP contribution is 2.49. The largest absolute Gasteiger partial charge is 0.421 e. The Hall–Kier alpha value is -0.200. The molecule has 0 aliphatic rings. The van der Waals surface area contributed by atoms with Gasteiger partial charge in [0.2, 0.25) is 0 Å². The maximum atomic E-state index is 5.59. The average Bonchev–Trinajstić information content (AvgIpc) is 2.31. The molecule has 108 valence electrons. The molecule has 0 radical (unpaired) electrons. The van der Waals surface area contributed by atoms with Crippen LogP contribution in [0.5, 0.6) is 5.75 Å². The highest BCUT2D eigenvalue weighted by atomic mass is 32.5. The molecule has 0 spiro atoms. The maximum Gasteiger partial charge on any atom is 0.380 e. The lowest BCUT2D eigenvalue weighted by atomic mass is 10.6. The van der Waals surface area contributed by atoms with Crippen LogP contribution in [0, 0.1) is 0 Å². The molecule has 1 aromatic rings. The molecule has 0 unspecified atom stereocenters. The van der Waals surface area contributed by atoms with Gasteiger partial charge >= 0.3 is 6.72 Å². The Balaban J connectivity index is 2.72. The molecule has 0 aliphatic carbocycles. The van der Waals surface area contributed by atoms with Gasteiger partial charge in [-0.3, -0.25) is 9.05 Å². The first-order chi connectivity index (χ1) is 8.99. The first-order valence-corrected chi connectivity index (χ1v) is 9.50. The number of hydrogen-bond donors (Lipinski definition) is 0. The second kappa shape index (κ2) is 8.17. The Kier molecular flexibility index (Phi) is 7.25. The maximum absolute atomic E-state index is 5.59. The van der Waals surface area contributed by atoms with Gasteiger partial charge in [0.15, 0.2) is 10.9 Å². The van der Waals surface area contributed by atoms with Gasteiger partial charge in [-0.15, -0.1) is 0 Å². The molecule has 1 heterocycles. The van der Waals surface area contributed by atoms with Crippen molar-refractivity contribution < 1.29 is 13.6 Å². The summed E-state index contributed by atoms with van der Waals surface area (Å²) in [6.07, 6.45) is 3.19. The molecule has 0 aromatic carbocycles. The van der Waals surface area contributed by atoms with Gasteiger partial charge in [0.25, 0.3) is 0 Å². The van der Waals surface area contributed by atoms with E-state index in [9.17, 15) is 0 Å². The number of thioether (sulfide) groups is 1. The van der Waals surface area contributed by atoms with Crippen LogP contribution >= 0.6 is 18.5 Å². The molecule has 0 amide bonds. The number of aromatic nitrogens is 2. The molecule has 0 aliphatic heterocycles. The molecule has 0 atom stereocenters. The SMILES string of the molecule is CCOP(=S)(OCC)Oc1cnc(SC(C)C)nc1. The van der Waals surface area contributed by atoms with Crippen molar-refractivity contribution in [3.05, 3.63) is 12.4 Å². The smallest absolute Gasteiger partial charge is 0.380 e. The highest BCUT2D eigenvalue weighted by Gasteiger charge is 2.21. The molecule has 8 heteroatoms. The fourth-order valence-electron chi connectivity index (χ4n) is 1.16. The summed E-state index contributed by atoms with van der Waals surface area (Å²) in [6, 6.07) is 0. The van der Waals surface area contributed by atoms with E-state index in [1.54, 1.807) is 24.2 Å². The Morgan fingerprint density at radius 2 is 1.74 bits per heavy atom. The van der Waals surface area contributed by atoms with Crippen LogP contribution in [0.2, 0.25) is 0 Å². The van der Waals surface area contributed by atoms with Crippen LogP contribution in [-0.4, -0.2) is 28.4 Å². The summed E-state index contributed by atoms with van der Waals surface area (Å²) in [5.41, 5.74) is 0. The van der Waals surface area contributed by atoms with Crippen LogP contribution in [0.15, 0.2) is 17.6 Å². The lowest BCUT2D eigenvalue weighted by molar-refractivity contribution is 0.217. The van der Waals surface area contributed by atoms with Crippen molar-refractivity contribution in [2.75, 3.05) is 13.2 Å². The Morgan fingerprint density at radius 1 is 1.21 bits per heavy atom. The molecule has 0 bridgehead atoms. The summed E-state index contributed by atoms with van der Waals surface area (Å²) in [6.45, 7) is 6.02. The van der Waals surface area contributed by atoms with Crippen molar-refractivity contribution in [3.63, 3.8) is 0 Å². The minimum absolute atomic E-state index is 0.434. The standard InChI is InChI=1S/C11H19N2O3PS2/c1-5-14-17(18,15-6-2)16-10-7-12-11(13-8-10)19-9(3)4/h7-9H,5-6H2,1-4H3. The van der Waals surface area contributed by atoms with E-state index >= 15 is 0 Å². The molecule has 5 nitrogen and oxygen atoms in total. The van der Waals surface area contributed by atoms with Crippen molar-refractivity contribution in [2.45, 2.75) is 38.1 Å². The van der Waals surface area contributed by atoms with Gasteiger partial charge in [-0.2, -0.15) is 0 Å². The lowest BCUT2D eigenvalue weighted by Crippen LogP contribution is -2.03. The van der Waals surface area contributed by atoms with E-state index in [1.807, 2.05) is 13.8 Å². The van der Waals surface area contributed by atoms with Crippen molar-refractivity contribution in [3.8, 4) is 5.75 Å². The molecule has 0 fully saturated rings. The normalized spacial score (nSPS) is 11.8. The van der Waals surface area contributed by atoms with Crippen LogP contribution in [0.4, 0.5) is 0 Å². The number of nitrogens with zero attached hydrogens (tertiary/aromatic N) is 2.